The molecule has 2 aromatic carbocycles. The molecular weight excluding hydrogens is 370 g/mol. The van der Waals surface area contributed by atoms with Crippen molar-refractivity contribution < 1.29 is 24.0 Å². The van der Waals surface area contributed by atoms with Crippen molar-refractivity contribution in [3.8, 4) is 11.5 Å². The average molecular weight is 398 g/mol. The van der Waals surface area contributed by atoms with E-state index in [0.29, 0.717) is 17.2 Å². The van der Waals surface area contributed by atoms with Gasteiger partial charge < -0.3 is 19.7 Å². The molecule has 2 atom stereocenters. The van der Waals surface area contributed by atoms with Crippen LogP contribution in [0.25, 0.3) is 0 Å². The highest BCUT2D eigenvalue weighted by atomic mass is 16.5. The Morgan fingerprint density at radius 3 is 2.62 bits per heavy atom. The number of nitrogens with one attached hydrogen (secondary N) is 2. The number of fused-ring (bicyclic) bond motifs is 1. The first-order chi connectivity index (χ1) is 13.9. The Hall–Kier alpha value is -3.06. The topological polar surface area (TPSA) is 72.3 Å². The van der Waals surface area contributed by atoms with Gasteiger partial charge in [-0.3, -0.25) is 14.5 Å². The predicted octanol–water partition coefficient (Wildman–Crippen LogP) is 1.13. The molecule has 1 heterocycles. The minimum atomic E-state index is -0.283. The summed E-state index contributed by atoms with van der Waals surface area (Å²) in [7, 11) is 5.23. The molecule has 29 heavy (non-hydrogen) atoms. The first-order valence-corrected chi connectivity index (χ1v) is 9.68. The average Bonchev–Trinajstić information content (AvgIpc) is 2.75. The lowest BCUT2D eigenvalue weighted by Gasteiger charge is -2.32. The summed E-state index contributed by atoms with van der Waals surface area (Å²) in [6.45, 7) is 2.72. The number of rotatable bonds is 7. The molecule has 0 spiro atoms. The summed E-state index contributed by atoms with van der Waals surface area (Å²) in [6.07, 6.45) is 0.793. The van der Waals surface area contributed by atoms with Crippen LogP contribution in [0, 0.1) is 0 Å². The van der Waals surface area contributed by atoms with Gasteiger partial charge in [0.05, 0.1) is 39.2 Å². The normalized spacial score (nSPS) is 15.2. The Labute approximate surface area is 171 Å². The lowest BCUT2D eigenvalue weighted by atomic mass is 10.1. The highest BCUT2D eigenvalue weighted by molar-refractivity contribution is 6.10. The van der Waals surface area contributed by atoms with Crippen molar-refractivity contribution in [3.05, 3.63) is 48.0 Å². The van der Waals surface area contributed by atoms with E-state index >= 15 is 0 Å². The molecule has 0 bridgehead atoms. The molecule has 0 aliphatic carbocycles. The van der Waals surface area contributed by atoms with Crippen LogP contribution in [-0.4, -0.2) is 52.2 Å². The van der Waals surface area contributed by atoms with Gasteiger partial charge in [-0.25, -0.2) is 0 Å². The summed E-state index contributed by atoms with van der Waals surface area (Å²) >= 11 is 0. The summed E-state index contributed by atoms with van der Waals surface area (Å²) in [5.74, 6) is 1.16. The van der Waals surface area contributed by atoms with E-state index in [2.05, 4.69) is 5.32 Å². The fourth-order valence-corrected chi connectivity index (χ4v) is 3.47. The number of methoxy groups -OCH3 is 2. The van der Waals surface area contributed by atoms with Crippen LogP contribution in [-0.2, 0) is 16.0 Å². The van der Waals surface area contributed by atoms with E-state index in [1.54, 1.807) is 19.1 Å². The summed E-state index contributed by atoms with van der Waals surface area (Å²) in [4.78, 5) is 27.8. The molecule has 2 amide bonds. The smallest absolute Gasteiger partial charge is 0.285 e. The number of likely N-dealkylation sites (N-methyl/N-ethyl adjacent to an activating group) is 1. The van der Waals surface area contributed by atoms with Gasteiger partial charge in [-0.15, -0.1) is 0 Å². The molecule has 1 unspecified atom stereocenters. The fraction of sp³-hybridized carbons (Fsp3) is 0.364. The highest BCUT2D eigenvalue weighted by Crippen LogP contribution is 2.29. The number of nitrogens with zero attached hydrogens (tertiary/aromatic N) is 1. The Balaban J connectivity index is 1.67. The van der Waals surface area contributed by atoms with E-state index in [1.165, 1.54) is 0 Å². The van der Waals surface area contributed by atoms with E-state index in [9.17, 15) is 9.59 Å². The van der Waals surface area contributed by atoms with Gasteiger partial charge in [-0.1, -0.05) is 18.2 Å². The molecule has 3 rings (SSSR count). The van der Waals surface area contributed by atoms with Gasteiger partial charge in [-0.05, 0) is 36.8 Å². The minimum Gasteiger partial charge on any atom is -0.493 e. The van der Waals surface area contributed by atoms with Gasteiger partial charge >= 0.3 is 0 Å². The molecule has 1 aliphatic rings. The van der Waals surface area contributed by atoms with Gasteiger partial charge in [0.2, 0.25) is 5.91 Å². The molecule has 7 nitrogen and oxygen atoms in total. The van der Waals surface area contributed by atoms with Crippen molar-refractivity contribution in [3.63, 3.8) is 0 Å². The van der Waals surface area contributed by atoms with Crippen molar-refractivity contribution in [1.29, 1.82) is 0 Å². The molecule has 1 aliphatic heterocycles. The van der Waals surface area contributed by atoms with Gasteiger partial charge in [0.25, 0.3) is 5.91 Å². The minimum absolute atomic E-state index is 0.0448. The number of amides is 2. The van der Waals surface area contributed by atoms with Crippen LogP contribution in [0.3, 0.4) is 0 Å². The van der Waals surface area contributed by atoms with Crippen molar-refractivity contribution in [2.75, 3.05) is 44.6 Å². The van der Waals surface area contributed by atoms with Gasteiger partial charge in [0, 0.05) is 6.42 Å². The SMILES string of the molecule is COc1ccc(CC[NH+](C)[C@H](C)C(=O)N2CC(=O)Nc3ccccc32)cc1OC. The van der Waals surface area contributed by atoms with Crippen LogP contribution in [0.5, 0.6) is 11.5 Å². The third-order valence-electron chi connectivity index (χ3n) is 5.40. The molecule has 0 radical (unpaired) electrons. The van der Waals surface area contributed by atoms with Crippen LogP contribution in [0.4, 0.5) is 11.4 Å². The molecule has 0 aromatic heterocycles. The number of hydrogen-bond donors (Lipinski definition) is 2. The molecule has 154 valence electrons. The first kappa shape index (κ1) is 20.7. The first-order valence-electron chi connectivity index (χ1n) is 9.68. The molecular formula is C22H28N3O4+. The lowest BCUT2D eigenvalue weighted by molar-refractivity contribution is -0.893. The Bertz CT molecular complexity index is 899. The Kier molecular flexibility index (Phi) is 6.39. The van der Waals surface area contributed by atoms with Gasteiger partial charge in [0.15, 0.2) is 17.5 Å². The maximum absolute atomic E-state index is 13.1. The summed E-state index contributed by atoms with van der Waals surface area (Å²) in [5, 5.41) is 2.82. The number of ether oxygens (including phenoxy) is 2. The summed E-state index contributed by atoms with van der Waals surface area (Å²) in [6, 6.07) is 13.0. The zero-order valence-corrected chi connectivity index (χ0v) is 17.3. The van der Waals surface area contributed by atoms with Crippen LogP contribution < -0.4 is 24.6 Å². The molecule has 0 saturated carbocycles. The monoisotopic (exact) mass is 398 g/mol. The third kappa shape index (κ3) is 4.51. The number of benzene rings is 2. The maximum Gasteiger partial charge on any atom is 0.285 e. The Morgan fingerprint density at radius 2 is 1.90 bits per heavy atom. The van der Waals surface area contributed by atoms with E-state index in [-0.39, 0.29) is 24.4 Å². The van der Waals surface area contributed by atoms with E-state index in [0.717, 1.165) is 29.1 Å². The summed E-state index contributed by atoms with van der Waals surface area (Å²) in [5.41, 5.74) is 2.54. The zero-order chi connectivity index (χ0) is 21.0. The summed E-state index contributed by atoms with van der Waals surface area (Å²) < 4.78 is 10.6. The van der Waals surface area contributed by atoms with E-state index in [4.69, 9.17) is 9.47 Å². The van der Waals surface area contributed by atoms with Gasteiger partial charge in [0.1, 0.15) is 6.54 Å². The van der Waals surface area contributed by atoms with Crippen LogP contribution >= 0.6 is 0 Å². The van der Waals surface area contributed by atoms with Crippen LogP contribution in [0.15, 0.2) is 42.5 Å². The largest absolute Gasteiger partial charge is 0.493 e. The quantitative estimate of drug-likeness (QED) is 0.734. The number of para-hydroxylation sites is 2. The molecule has 2 aromatic rings. The zero-order valence-electron chi connectivity index (χ0n) is 17.3. The van der Waals surface area contributed by atoms with Gasteiger partial charge in [-0.2, -0.15) is 0 Å². The van der Waals surface area contributed by atoms with E-state index in [1.807, 2.05) is 56.4 Å². The fourth-order valence-electron chi connectivity index (χ4n) is 3.47. The van der Waals surface area contributed by atoms with Crippen molar-refractivity contribution >= 4 is 23.2 Å². The van der Waals surface area contributed by atoms with Crippen molar-refractivity contribution in [2.24, 2.45) is 0 Å². The second-order valence-corrected chi connectivity index (χ2v) is 7.25. The van der Waals surface area contributed by atoms with Crippen LogP contribution in [0.1, 0.15) is 12.5 Å². The highest BCUT2D eigenvalue weighted by Gasteiger charge is 2.33. The molecule has 0 fully saturated rings. The Morgan fingerprint density at radius 1 is 1.17 bits per heavy atom. The van der Waals surface area contributed by atoms with Crippen molar-refractivity contribution in [2.45, 2.75) is 19.4 Å². The number of carbonyl (C=O) groups is 2. The number of hydrogen-bond acceptors (Lipinski definition) is 4. The van der Waals surface area contributed by atoms with Crippen molar-refractivity contribution in [1.82, 2.24) is 0 Å². The number of quaternary nitrogens is 1. The lowest BCUT2D eigenvalue weighted by Crippen LogP contribution is -3.14. The third-order valence-corrected chi connectivity index (χ3v) is 5.40. The standard InChI is InChI=1S/C22H27N3O4/c1-15(22(27)25-14-21(26)23-17-7-5-6-8-18(17)25)24(2)12-11-16-9-10-19(28-3)20(13-16)29-4/h5-10,13,15H,11-12,14H2,1-4H3,(H,23,26)/p+1/t15-/m1/s1. The number of anilines is 2. The maximum atomic E-state index is 13.1. The molecule has 7 heteroatoms. The second kappa shape index (κ2) is 8.96. The predicted molar refractivity (Wildman–Crippen MR) is 112 cm³/mol. The van der Waals surface area contributed by atoms with Crippen LogP contribution in [0.2, 0.25) is 0 Å². The van der Waals surface area contributed by atoms with E-state index < -0.39 is 0 Å². The molecule has 2 N–H and O–H groups in total. The second-order valence-electron chi connectivity index (χ2n) is 7.25. The molecule has 0 saturated heterocycles. The number of carbonyl (C=O) groups excluding carboxylic acids is 2.